The van der Waals surface area contributed by atoms with E-state index >= 15 is 0 Å². The number of sulfone groups is 1. The largest absolute Gasteiger partial charge is 0.307 e. The van der Waals surface area contributed by atoms with Crippen LogP contribution in [-0.4, -0.2) is 20.7 Å². The minimum absolute atomic E-state index is 0.249. The summed E-state index contributed by atoms with van der Waals surface area (Å²) in [6, 6.07) is 7.98. The first-order chi connectivity index (χ1) is 9.38. The Labute approximate surface area is 122 Å². The van der Waals surface area contributed by atoms with E-state index in [0.29, 0.717) is 10.9 Å². The van der Waals surface area contributed by atoms with Gasteiger partial charge in [0.05, 0.1) is 4.90 Å². The van der Waals surface area contributed by atoms with Crippen LogP contribution in [0.2, 0.25) is 0 Å². The van der Waals surface area contributed by atoms with Gasteiger partial charge < -0.3 is 5.32 Å². The molecule has 0 amide bonds. The van der Waals surface area contributed by atoms with E-state index in [1.807, 2.05) is 12.1 Å². The molecule has 1 aliphatic rings. The lowest BCUT2D eigenvalue weighted by molar-refractivity contribution is 0.352. The van der Waals surface area contributed by atoms with Crippen LogP contribution in [0.4, 0.5) is 0 Å². The molecule has 1 saturated carbocycles. The van der Waals surface area contributed by atoms with Crippen LogP contribution in [0.15, 0.2) is 29.2 Å². The van der Waals surface area contributed by atoms with Gasteiger partial charge in [-0.15, -0.1) is 0 Å². The molecule has 4 heteroatoms. The van der Waals surface area contributed by atoms with Crippen LogP contribution in [0.3, 0.4) is 0 Å². The van der Waals surface area contributed by atoms with Gasteiger partial charge in [0, 0.05) is 18.3 Å². The Morgan fingerprint density at radius 1 is 1.10 bits per heavy atom. The van der Waals surface area contributed by atoms with Gasteiger partial charge in [-0.25, -0.2) is 8.42 Å². The summed E-state index contributed by atoms with van der Waals surface area (Å²) in [4.78, 5) is 0.386. The maximum Gasteiger partial charge on any atom is 0.175 e. The molecular weight excluding hydrogens is 270 g/mol. The van der Waals surface area contributed by atoms with Crippen molar-refractivity contribution in [3.8, 4) is 0 Å². The third-order valence-electron chi connectivity index (χ3n) is 4.43. The third-order valence-corrected chi connectivity index (χ3v) is 5.56. The van der Waals surface area contributed by atoms with Gasteiger partial charge in [-0.1, -0.05) is 25.0 Å². The number of hydrogen-bond acceptors (Lipinski definition) is 3. The molecule has 1 aliphatic carbocycles. The molecule has 0 saturated heterocycles. The molecule has 0 spiro atoms. The summed E-state index contributed by atoms with van der Waals surface area (Å²) in [6.07, 6.45) is 6.61. The van der Waals surface area contributed by atoms with Crippen molar-refractivity contribution in [2.24, 2.45) is 5.92 Å². The van der Waals surface area contributed by atoms with Gasteiger partial charge in [-0.05, 0) is 50.3 Å². The molecule has 0 aromatic heterocycles. The number of rotatable bonds is 5. The molecule has 2 rings (SSSR count). The van der Waals surface area contributed by atoms with Crippen LogP contribution < -0.4 is 5.32 Å². The maximum atomic E-state index is 11.5. The highest BCUT2D eigenvalue weighted by Gasteiger charge is 2.22. The summed E-state index contributed by atoms with van der Waals surface area (Å²) in [7, 11) is -3.10. The predicted octanol–water partition coefficient (Wildman–Crippen LogP) is 3.32. The van der Waals surface area contributed by atoms with Crippen molar-refractivity contribution in [2.45, 2.75) is 56.5 Å². The van der Waals surface area contributed by atoms with E-state index < -0.39 is 9.84 Å². The SMILES string of the molecule is CC(N[C@@H](C)C1CCCC1)c1ccc(S(C)(=O)=O)cc1. The van der Waals surface area contributed by atoms with E-state index in [0.717, 1.165) is 11.5 Å². The molecule has 1 unspecified atom stereocenters. The van der Waals surface area contributed by atoms with E-state index in [1.54, 1.807) is 12.1 Å². The maximum absolute atomic E-state index is 11.5. The summed E-state index contributed by atoms with van der Waals surface area (Å²) in [5, 5.41) is 3.65. The minimum Gasteiger partial charge on any atom is -0.307 e. The van der Waals surface area contributed by atoms with Crippen LogP contribution in [0.5, 0.6) is 0 Å². The van der Waals surface area contributed by atoms with Crippen molar-refractivity contribution in [1.29, 1.82) is 0 Å². The normalized spacial score (nSPS) is 19.9. The summed E-state index contributed by atoms with van der Waals surface area (Å²) in [6.45, 7) is 4.40. The first kappa shape index (κ1) is 15.5. The fourth-order valence-electron chi connectivity index (χ4n) is 3.09. The summed E-state index contributed by atoms with van der Waals surface area (Å²) < 4.78 is 22.9. The second-order valence-corrected chi connectivity index (χ2v) is 8.08. The molecule has 20 heavy (non-hydrogen) atoms. The third kappa shape index (κ3) is 3.83. The molecule has 2 atom stereocenters. The van der Waals surface area contributed by atoms with Gasteiger partial charge in [0.25, 0.3) is 0 Å². The van der Waals surface area contributed by atoms with Gasteiger partial charge in [-0.2, -0.15) is 0 Å². The Morgan fingerprint density at radius 2 is 1.65 bits per heavy atom. The van der Waals surface area contributed by atoms with Gasteiger partial charge in [-0.3, -0.25) is 0 Å². The fourth-order valence-corrected chi connectivity index (χ4v) is 3.72. The highest BCUT2D eigenvalue weighted by atomic mass is 32.2. The zero-order valence-corrected chi connectivity index (χ0v) is 13.4. The smallest absolute Gasteiger partial charge is 0.175 e. The zero-order valence-electron chi connectivity index (χ0n) is 12.6. The van der Waals surface area contributed by atoms with Crippen LogP contribution in [0.1, 0.15) is 51.1 Å². The van der Waals surface area contributed by atoms with Crippen molar-refractivity contribution < 1.29 is 8.42 Å². The lowest BCUT2D eigenvalue weighted by atomic mass is 9.98. The standard InChI is InChI=1S/C16H25NO2S/c1-12(14-6-4-5-7-14)17-13(2)15-8-10-16(11-9-15)20(3,18)19/h8-14,17H,4-7H2,1-3H3/t12-,13?/m0/s1. The van der Waals surface area contributed by atoms with Crippen molar-refractivity contribution in [3.05, 3.63) is 29.8 Å². The van der Waals surface area contributed by atoms with Gasteiger partial charge >= 0.3 is 0 Å². The second kappa shape index (κ2) is 6.27. The molecule has 1 N–H and O–H groups in total. The van der Waals surface area contributed by atoms with E-state index in [4.69, 9.17) is 0 Å². The Bertz CT molecular complexity index is 530. The highest BCUT2D eigenvalue weighted by molar-refractivity contribution is 7.90. The molecule has 0 aliphatic heterocycles. The first-order valence-electron chi connectivity index (χ1n) is 7.44. The summed E-state index contributed by atoms with van der Waals surface area (Å²) in [5.74, 6) is 0.785. The highest BCUT2D eigenvalue weighted by Crippen LogP contribution is 2.29. The molecule has 0 heterocycles. The topological polar surface area (TPSA) is 46.2 Å². The Kier molecular flexibility index (Phi) is 4.86. The molecule has 1 aromatic rings. The minimum atomic E-state index is -3.10. The van der Waals surface area contributed by atoms with Crippen LogP contribution in [0.25, 0.3) is 0 Å². The van der Waals surface area contributed by atoms with Crippen LogP contribution in [0, 0.1) is 5.92 Å². The van der Waals surface area contributed by atoms with Crippen molar-refractivity contribution in [3.63, 3.8) is 0 Å². The molecule has 112 valence electrons. The van der Waals surface area contributed by atoms with Crippen LogP contribution in [-0.2, 0) is 9.84 Å². The van der Waals surface area contributed by atoms with Crippen LogP contribution >= 0.6 is 0 Å². The average Bonchev–Trinajstić information content (AvgIpc) is 2.91. The Balaban J connectivity index is 2.00. The predicted molar refractivity (Wildman–Crippen MR) is 82.5 cm³/mol. The average molecular weight is 295 g/mol. The second-order valence-electron chi connectivity index (χ2n) is 6.06. The molecular formula is C16H25NO2S. The Hall–Kier alpha value is -0.870. The van der Waals surface area contributed by atoms with Gasteiger partial charge in [0.2, 0.25) is 0 Å². The van der Waals surface area contributed by atoms with E-state index in [1.165, 1.54) is 31.9 Å². The Morgan fingerprint density at radius 3 is 2.15 bits per heavy atom. The van der Waals surface area contributed by atoms with Crippen molar-refractivity contribution in [2.75, 3.05) is 6.26 Å². The van der Waals surface area contributed by atoms with E-state index in [-0.39, 0.29) is 6.04 Å². The lowest BCUT2D eigenvalue weighted by Crippen LogP contribution is -2.34. The van der Waals surface area contributed by atoms with Crippen molar-refractivity contribution >= 4 is 9.84 Å². The van der Waals surface area contributed by atoms with Crippen molar-refractivity contribution in [1.82, 2.24) is 5.32 Å². The first-order valence-corrected chi connectivity index (χ1v) is 9.33. The summed E-state index contributed by atoms with van der Waals surface area (Å²) in [5.41, 5.74) is 1.14. The molecule has 0 bridgehead atoms. The fraction of sp³-hybridized carbons (Fsp3) is 0.625. The lowest BCUT2D eigenvalue weighted by Gasteiger charge is -2.25. The van der Waals surface area contributed by atoms with Gasteiger partial charge in [0.15, 0.2) is 9.84 Å². The van der Waals surface area contributed by atoms with E-state index in [2.05, 4.69) is 19.2 Å². The monoisotopic (exact) mass is 295 g/mol. The zero-order chi connectivity index (χ0) is 14.8. The number of hydrogen-bond donors (Lipinski definition) is 1. The molecule has 1 aromatic carbocycles. The summed E-state index contributed by atoms with van der Waals surface area (Å²) >= 11 is 0. The number of benzene rings is 1. The quantitative estimate of drug-likeness (QED) is 0.906. The molecule has 3 nitrogen and oxygen atoms in total. The molecule has 0 radical (unpaired) electrons. The van der Waals surface area contributed by atoms with Gasteiger partial charge in [0.1, 0.15) is 0 Å². The van der Waals surface area contributed by atoms with E-state index in [9.17, 15) is 8.42 Å². The molecule has 1 fully saturated rings. The number of nitrogens with one attached hydrogen (secondary N) is 1.